The van der Waals surface area contributed by atoms with Crippen LogP contribution in [0.3, 0.4) is 0 Å². The Balaban J connectivity index is 1.95. The summed E-state index contributed by atoms with van der Waals surface area (Å²) in [5.74, 6) is -0.0954. The quantitative estimate of drug-likeness (QED) is 0.320. The Morgan fingerprint density at radius 3 is 2.08 bits per heavy atom. The summed E-state index contributed by atoms with van der Waals surface area (Å²) in [6.07, 6.45) is -1.90. The number of hydrogen-bond acceptors (Lipinski definition) is 7. The third kappa shape index (κ3) is 8.05. The van der Waals surface area contributed by atoms with E-state index in [1.165, 1.54) is 12.1 Å². The van der Waals surface area contributed by atoms with Gasteiger partial charge in [0.2, 0.25) is 10.0 Å². The molecule has 38 heavy (non-hydrogen) atoms. The molecule has 0 heterocycles. The van der Waals surface area contributed by atoms with E-state index in [1.54, 1.807) is 54.6 Å². The van der Waals surface area contributed by atoms with Crippen molar-refractivity contribution >= 4 is 16.0 Å². The minimum Gasteiger partial charge on any atom is -0.487 e. The maximum atomic E-state index is 13.2. The average molecular weight is 542 g/mol. The number of ether oxygens (including phenoxy) is 3. The Morgan fingerprint density at radius 2 is 1.47 bits per heavy atom. The third-order valence-corrected chi connectivity index (χ3v) is 6.90. The van der Waals surface area contributed by atoms with E-state index in [4.69, 9.17) is 14.2 Å². The van der Waals surface area contributed by atoms with Crippen LogP contribution in [-0.4, -0.2) is 37.7 Å². The van der Waals surface area contributed by atoms with Crippen molar-refractivity contribution in [2.24, 2.45) is 0 Å². The Hall–Kier alpha value is -3.40. The summed E-state index contributed by atoms with van der Waals surface area (Å²) in [5, 5.41) is 11.3. The highest BCUT2D eigenvalue weighted by Gasteiger charge is 2.35. The van der Waals surface area contributed by atoms with Crippen molar-refractivity contribution in [3.63, 3.8) is 0 Å². The summed E-state index contributed by atoms with van der Waals surface area (Å²) >= 11 is 0. The SMILES string of the molecule is Cc1ccc(S(=O)(=O)NC(C(=O)OCc2ccccc2)C(O)c2ccc(OC(C)C)c(OC(C)C)c2)cc1. The molecule has 3 aromatic rings. The van der Waals surface area contributed by atoms with Gasteiger partial charge in [-0.2, -0.15) is 4.72 Å². The Kier molecular flexibility index (Phi) is 9.90. The van der Waals surface area contributed by atoms with Gasteiger partial charge in [0.15, 0.2) is 11.5 Å². The van der Waals surface area contributed by atoms with Gasteiger partial charge in [-0.25, -0.2) is 8.42 Å². The monoisotopic (exact) mass is 541 g/mol. The van der Waals surface area contributed by atoms with Gasteiger partial charge >= 0.3 is 5.97 Å². The van der Waals surface area contributed by atoms with Crippen LogP contribution in [-0.2, 0) is 26.2 Å². The predicted octanol–water partition coefficient (Wildman–Crippen LogP) is 4.69. The maximum absolute atomic E-state index is 13.2. The number of esters is 1. The van der Waals surface area contributed by atoms with E-state index < -0.39 is 28.1 Å². The Morgan fingerprint density at radius 1 is 0.868 bits per heavy atom. The first-order chi connectivity index (χ1) is 18.0. The van der Waals surface area contributed by atoms with Crippen LogP contribution in [0.4, 0.5) is 0 Å². The normalized spacial score (nSPS) is 13.3. The highest BCUT2D eigenvalue weighted by Crippen LogP contribution is 2.33. The summed E-state index contributed by atoms with van der Waals surface area (Å²) in [7, 11) is -4.18. The van der Waals surface area contributed by atoms with E-state index in [0.717, 1.165) is 11.1 Å². The molecule has 9 heteroatoms. The zero-order chi connectivity index (χ0) is 27.9. The number of aliphatic hydroxyl groups is 1. The number of benzene rings is 3. The largest absolute Gasteiger partial charge is 0.487 e. The Labute approximate surface area is 224 Å². The fraction of sp³-hybridized carbons (Fsp3) is 0.345. The number of aliphatic hydroxyl groups excluding tert-OH is 1. The van der Waals surface area contributed by atoms with Gasteiger partial charge in [-0.05, 0) is 70.0 Å². The number of aryl methyl sites for hydroxylation is 1. The highest BCUT2D eigenvalue weighted by molar-refractivity contribution is 7.89. The molecular weight excluding hydrogens is 506 g/mol. The molecule has 0 aromatic heterocycles. The van der Waals surface area contributed by atoms with Crippen LogP contribution >= 0.6 is 0 Å². The van der Waals surface area contributed by atoms with Crippen molar-refractivity contribution in [1.29, 1.82) is 0 Å². The first kappa shape index (κ1) is 29.2. The number of hydrogen-bond donors (Lipinski definition) is 2. The fourth-order valence-electron chi connectivity index (χ4n) is 3.61. The van der Waals surface area contributed by atoms with Crippen molar-refractivity contribution in [3.8, 4) is 11.5 Å². The summed E-state index contributed by atoms with van der Waals surface area (Å²) in [4.78, 5) is 13.2. The number of carbonyl (C=O) groups excluding carboxylic acids is 1. The summed E-state index contributed by atoms with van der Waals surface area (Å²) < 4.78 is 45.8. The molecule has 0 aliphatic heterocycles. The lowest BCUT2D eigenvalue weighted by Crippen LogP contribution is -2.45. The van der Waals surface area contributed by atoms with Gasteiger partial charge in [0.25, 0.3) is 0 Å². The molecule has 3 aromatic carbocycles. The minimum atomic E-state index is -4.18. The molecule has 2 atom stereocenters. The van der Waals surface area contributed by atoms with E-state index in [9.17, 15) is 18.3 Å². The third-order valence-electron chi connectivity index (χ3n) is 5.44. The predicted molar refractivity (Wildman–Crippen MR) is 144 cm³/mol. The van der Waals surface area contributed by atoms with Gasteiger partial charge in [-0.1, -0.05) is 54.1 Å². The Bertz CT molecular complexity index is 1310. The molecule has 0 radical (unpaired) electrons. The fourth-order valence-corrected chi connectivity index (χ4v) is 4.80. The van der Waals surface area contributed by atoms with Gasteiger partial charge < -0.3 is 19.3 Å². The molecule has 204 valence electrons. The van der Waals surface area contributed by atoms with Crippen LogP contribution < -0.4 is 14.2 Å². The number of carbonyl (C=O) groups is 1. The first-order valence-electron chi connectivity index (χ1n) is 12.4. The second kappa shape index (κ2) is 12.9. The van der Waals surface area contributed by atoms with Crippen molar-refractivity contribution in [2.75, 3.05) is 0 Å². The molecule has 0 fully saturated rings. The second-order valence-electron chi connectivity index (χ2n) is 9.49. The molecule has 0 saturated carbocycles. The number of nitrogens with one attached hydrogen (secondary N) is 1. The maximum Gasteiger partial charge on any atom is 0.327 e. The standard InChI is InChI=1S/C29H35NO7S/c1-19(2)36-25-16-13-23(17-26(25)37-20(3)4)28(31)27(29(32)35-18-22-9-7-6-8-10-22)30-38(33,34)24-14-11-21(5)12-15-24/h6-17,19-20,27-28,30-31H,18H2,1-5H3. The zero-order valence-electron chi connectivity index (χ0n) is 22.2. The van der Waals surface area contributed by atoms with Crippen LogP contribution in [0.5, 0.6) is 11.5 Å². The molecular formula is C29H35NO7S. The summed E-state index contributed by atoms with van der Waals surface area (Å²) in [6.45, 7) is 9.20. The van der Waals surface area contributed by atoms with E-state index in [-0.39, 0.29) is 29.3 Å². The topological polar surface area (TPSA) is 111 Å². The lowest BCUT2D eigenvalue weighted by molar-refractivity contribution is -0.150. The van der Waals surface area contributed by atoms with Crippen LogP contribution in [0.2, 0.25) is 0 Å². The van der Waals surface area contributed by atoms with Crippen molar-refractivity contribution in [2.45, 2.75) is 70.5 Å². The van der Waals surface area contributed by atoms with Crippen LogP contribution in [0.25, 0.3) is 0 Å². The number of sulfonamides is 1. The van der Waals surface area contributed by atoms with Crippen LogP contribution in [0.15, 0.2) is 77.7 Å². The zero-order valence-corrected chi connectivity index (χ0v) is 23.1. The average Bonchev–Trinajstić information content (AvgIpc) is 2.87. The van der Waals surface area contributed by atoms with Crippen molar-refractivity contribution in [3.05, 3.63) is 89.5 Å². The van der Waals surface area contributed by atoms with E-state index in [2.05, 4.69) is 4.72 Å². The molecule has 3 rings (SSSR count). The minimum absolute atomic E-state index is 0.0410. The molecule has 0 spiro atoms. The molecule has 8 nitrogen and oxygen atoms in total. The van der Waals surface area contributed by atoms with Crippen molar-refractivity contribution < 1.29 is 32.5 Å². The van der Waals surface area contributed by atoms with Gasteiger partial charge in [-0.3, -0.25) is 4.79 Å². The molecule has 0 bridgehead atoms. The van der Waals surface area contributed by atoms with Crippen LogP contribution in [0, 0.1) is 6.92 Å². The molecule has 2 N–H and O–H groups in total. The highest BCUT2D eigenvalue weighted by atomic mass is 32.2. The van der Waals surface area contributed by atoms with Gasteiger partial charge in [0.05, 0.1) is 17.1 Å². The van der Waals surface area contributed by atoms with Crippen molar-refractivity contribution in [1.82, 2.24) is 4.72 Å². The molecule has 2 unspecified atom stereocenters. The first-order valence-corrected chi connectivity index (χ1v) is 13.9. The second-order valence-corrected chi connectivity index (χ2v) is 11.2. The lowest BCUT2D eigenvalue weighted by Gasteiger charge is -2.24. The van der Waals surface area contributed by atoms with E-state index in [1.807, 2.05) is 40.7 Å². The van der Waals surface area contributed by atoms with Gasteiger partial charge in [-0.15, -0.1) is 0 Å². The molecule has 0 saturated heterocycles. The lowest BCUT2D eigenvalue weighted by atomic mass is 10.0. The van der Waals surface area contributed by atoms with E-state index in [0.29, 0.717) is 11.5 Å². The number of rotatable bonds is 12. The molecule has 0 aliphatic carbocycles. The summed E-state index contributed by atoms with van der Waals surface area (Å²) in [6, 6.07) is 18.2. The van der Waals surface area contributed by atoms with Crippen LogP contribution in [0.1, 0.15) is 50.5 Å². The molecule has 0 amide bonds. The van der Waals surface area contributed by atoms with E-state index >= 15 is 0 Å². The smallest absolute Gasteiger partial charge is 0.327 e. The van der Waals surface area contributed by atoms with Gasteiger partial charge in [0.1, 0.15) is 18.8 Å². The van der Waals surface area contributed by atoms with Gasteiger partial charge in [0, 0.05) is 0 Å². The molecule has 0 aliphatic rings. The summed E-state index contributed by atoms with van der Waals surface area (Å²) in [5.41, 5.74) is 1.85.